The fraction of sp³-hybridized carbons (Fsp3) is 0.429. The molecule has 1 heterocycles. The first-order chi connectivity index (χ1) is 4.75. The van der Waals surface area contributed by atoms with E-state index in [2.05, 4.69) is 0 Å². The van der Waals surface area contributed by atoms with Crippen LogP contribution in [0.5, 0.6) is 0 Å². The van der Waals surface area contributed by atoms with Crippen LogP contribution in [-0.2, 0) is 6.61 Å². The molecule has 0 aromatic carbocycles. The summed E-state index contributed by atoms with van der Waals surface area (Å²) in [6, 6.07) is 1.83. The van der Waals surface area contributed by atoms with Crippen molar-refractivity contribution in [1.82, 2.24) is 0 Å². The largest absolute Gasteiger partial charge is 0.392 e. The maximum absolute atomic E-state index is 9.12. The van der Waals surface area contributed by atoms with Crippen molar-refractivity contribution < 1.29 is 10.2 Å². The molecule has 0 fully saturated rings. The molecule has 2 N–H and O–H groups in total. The first-order valence-corrected chi connectivity index (χ1v) is 3.99. The molecule has 56 valence electrons. The summed E-state index contributed by atoms with van der Waals surface area (Å²) >= 11 is 1.47. The van der Waals surface area contributed by atoms with Crippen LogP contribution in [0.1, 0.15) is 23.5 Å². The van der Waals surface area contributed by atoms with Gasteiger partial charge in [-0.1, -0.05) is 0 Å². The average molecular weight is 158 g/mol. The second kappa shape index (κ2) is 3.14. The molecule has 0 aliphatic heterocycles. The van der Waals surface area contributed by atoms with Crippen LogP contribution in [0.3, 0.4) is 0 Å². The Morgan fingerprint density at radius 3 is 2.80 bits per heavy atom. The van der Waals surface area contributed by atoms with Gasteiger partial charge in [-0.05, 0) is 23.9 Å². The molecule has 0 aliphatic rings. The first kappa shape index (κ1) is 7.72. The van der Waals surface area contributed by atoms with Crippen molar-refractivity contribution >= 4 is 11.3 Å². The second-order valence-corrected chi connectivity index (χ2v) is 3.09. The predicted molar refractivity (Wildman–Crippen MR) is 40.9 cm³/mol. The maximum atomic E-state index is 9.12. The van der Waals surface area contributed by atoms with Gasteiger partial charge in [0.25, 0.3) is 0 Å². The van der Waals surface area contributed by atoms with Crippen molar-refractivity contribution in [1.29, 1.82) is 0 Å². The highest BCUT2D eigenvalue weighted by molar-refractivity contribution is 7.10. The third-order valence-corrected chi connectivity index (χ3v) is 2.46. The highest BCUT2D eigenvalue weighted by Gasteiger charge is 2.07. The minimum atomic E-state index is -0.456. The molecule has 0 radical (unpaired) electrons. The van der Waals surface area contributed by atoms with E-state index in [1.165, 1.54) is 11.3 Å². The Hall–Kier alpha value is -0.380. The zero-order valence-corrected chi connectivity index (χ0v) is 6.56. The molecule has 2 nitrogen and oxygen atoms in total. The molecule has 0 aliphatic carbocycles. The normalized spacial score (nSPS) is 13.5. The molecule has 0 bridgehead atoms. The summed E-state index contributed by atoms with van der Waals surface area (Å²) in [6.45, 7) is 1.72. The van der Waals surface area contributed by atoms with Gasteiger partial charge >= 0.3 is 0 Å². The summed E-state index contributed by atoms with van der Waals surface area (Å²) < 4.78 is 0. The lowest BCUT2D eigenvalue weighted by atomic mass is 10.2. The Balaban J connectivity index is 2.90. The van der Waals surface area contributed by atoms with Crippen molar-refractivity contribution in [3.05, 3.63) is 21.9 Å². The minimum Gasteiger partial charge on any atom is -0.392 e. The number of hydrogen-bond donors (Lipinski definition) is 2. The smallest absolute Gasteiger partial charge is 0.0857 e. The summed E-state index contributed by atoms with van der Waals surface area (Å²) in [4.78, 5) is 0.863. The van der Waals surface area contributed by atoms with E-state index in [0.717, 1.165) is 10.4 Å². The molecule has 1 aromatic rings. The summed E-state index contributed by atoms with van der Waals surface area (Å²) in [7, 11) is 0. The zero-order valence-electron chi connectivity index (χ0n) is 5.74. The van der Waals surface area contributed by atoms with E-state index in [0.29, 0.717) is 0 Å². The fourth-order valence-corrected chi connectivity index (χ4v) is 1.70. The molecule has 0 saturated carbocycles. The molecule has 1 rings (SSSR count). The van der Waals surface area contributed by atoms with E-state index in [1.807, 2.05) is 11.4 Å². The Morgan fingerprint density at radius 1 is 1.70 bits per heavy atom. The first-order valence-electron chi connectivity index (χ1n) is 3.11. The van der Waals surface area contributed by atoms with E-state index < -0.39 is 6.10 Å². The number of aliphatic hydroxyl groups is 2. The molecular formula is C7H10O2S. The summed E-state index contributed by atoms with van der Waals surface area (Å²) in [5, 5.41) is 19.7. The molecule has 1 unspecified atom stereocenters. The SMILES string of the molecule is CC(O)c1sccc1CO. The minimum absolute atomic E-state index is 0.0176. The van der Waals surface area contributed by atoms with Gasteiger partial charge in [0.2, 0.25) is 0 Å². The molecule has 0 amide bonds. The molecule has 0 saturated heterocycles. The van der Waals surface area contributed by atoms with Crippen LogP contribution in [-0.4, -0.2) is 10.2 Å². The topological polar surface area (TPSA) is 40.5 Å². The monoisotopic (exact) mass is 158 g/mol. The van der Waals surface area contributed by atoms with Gasteiger partial charge in [-0.25, -0.2) is 0 Å². The molecule has 0 spiro atoms. The van der Waals surface area contributed by atoms with Gasteiger partial charge in [0.05, 0.1) is 12.7 Å². The Labute approximate surface area is 63.8 Å². The fourth-order valence-electron chi connectivity index (χ4n) is 0.845. The lowest BCUT2D eigenvalue weighted by molar-refractivity contribution is 0.198. The van der Waals surface area contributed by atoms with Crippen molar-refractivity contribution in [2.45, 2.75) is 19.6 Å². The lowest BCUT2D eigenvalue weighted by Crippen LogP contribution is -1.91. The Kier molecular flexibility index (Phi) is 2.43. The standard InChI is InChI=1S/C7H10O2S/c1-5(9)7-6(4-8)2-3-10-7/h2-3,5,8-9H,4H2,1H3. The lowest BCUT2D eigenvalue weighted by Gasteiger charge is -2.01. The summed E-state index contributed by atoms with van der Waals surface area (Å²) in [6.07, 6.45) is -0.456. The van der Waals surface area contributed by atoms with Crippen LogP contribution in [0.15, 0.2) is 11.4 Å². The Morgan fingerprint density at radius 2 is 2.40 bits per heavy atom. The van der Waals surface area contributed by atoms with Crippen LogP contribution < -0.4 is 0 Å². The van der Waals surface area contributed by atoms with Gasteiger partial charge in [0, 0.05) is 4.88 Å². The average Bonchev–Trinajstić information content (AvgIpc) is 2.33. The van der Waals surface area contributed by atoms with Crippen LogP contribution in [0, 0.1) is 0 Å². The van der Waals surface area contributed by atoms with Gasteiger partial charge in [0.15, 0.2) is 0 Å². The molecule has 1 aromatic heterocycles. The molecule has 3 heteroatoms. The number of thiophene rings is 1. The van der Waals surface area contributed by atoms with Gasteiger partial charge in [0.1, 0.15) is 0 Å². The van der Waals surface area contributed by atoms with E-state index in [1.54, 1.807) is 6.92 Å². The van der Waals surface area contributed by atoms with Crippen molar-refractivity contribution in [2.24, 2.45) is 0 Å². The summed E-state index contributed by atoms with van der Waals surface area (Å²) in [5.41, 5.74) is 0.833. The van der Waals surface area contributed by atoms with E-state index in [4.69, 9.17) is 10.2 Å². The Bertz CT molecular complexity index is 205. The second-order valence-electron chi connectivity index (χ2n) is 2.14. The predicted octanol–water partition coefficient (Wildman–Crippen LogP) is 1.29. The summed E-state index contributed by atoms with van der Waals surface area (Å²) in [5.74, 6) is 0. The third-order valence-electron chi connectivity index (χ3n) is 1.33. The number of hydrogen-bond acceptors (Lipinski definition) is 3. The number of rotatable bonds is 2. The van der Waals surface area contributed by atoms with E-state index >= 15 is 0 Å². The van der Waals surface area contributed by atoms with Crippen molar-refractivity contribution in [2.75, 3.05) is 0 Å². The van der Waals surface area contributed by atoms with E-state index in [-0.39, 0.29) is 6.61 Å². The van der Waals surface area contributed by atoms with Gasteiger partial charge < -0.3 is 10.2 Å². The molecule has 10 heavy (non-hydrogen) atoms. The van der Waals surface area contributed by atoms with Crippen molar-refractivity contribution in [3.63, 3.8) is 0 Å². The van der Waals surface area contributed by atoms with Crippen LogP contribution in [0.2, 0.25) is 0 Å². The highest BCUT2D eigenvalue weighted by Crippen LogP contribution is 2.23. The van der Waals surface area contributed by atoms with Gasteiger partial charge in [-0.3, -0.25) is 0 Å². The number of aliphatic hydroxyl groups excluding tert-OH is 2. The molecular weight excluding hydrogens is 148 g/mol. The maximum Gasteiger partial charge on any atom is 0.0857 e. The van der Waals surface area contributed by atoms with Crippen LogP contribution in [0.4, 0.5) is 0 Å². The van der Waals surface area contributed by atoms with E-state index in [9.17, 15) is 0 Å². The zero-order chi connectivity index (χ0) is 7.56. The third kappa shape index (κ3) is 1.37. The van der Waals surface area contributed by atoms with Gasteiger partial charge in [-0.2, -0.15) is 0 Å². The highest BCUT2D eigenvalue weighted by atomic mass is 32.1. The van der Waals surface area contributed by atoms with Crippen molar-refractivity contribution in [3.8, 4) is 0 Å². The quantitative estimate of drug-likeness (QED) is 0.681. The van der Waals surface area contributed by atoms with Crippen LogP contribution in [0.25, 0.3) is 0 Å². The van der Waals surface area contributed by atoms with Crippen LogP contribution >= 0.6 is 11.3 Å². The van der Waals surface area contributed by atoms with Gasteiger partial charge in [-0.15, -0.1) is 11.3 Å². The molecule has 1 atom stereocenters.